The highest BCUT2D eigenvalue weighted by Crippen LogP contribution is 2.38. The average molecular weight is 302 g/mol. The van der Waals surface area contributed by atoms with Gasteiger partial charge in [-0.1, -0.05) is 6.07 Å². The van der Waals surface area contributed by atoms with Crippen LogP contribution in [0.1, 0.15) is 32.1 Å². The van der Waals surface area contributed by atoms with E-state index in [9.17, 15) is 4.79 Å². The molecule has 3 aliphatic heterocycles. The lowest BCUT2D eigenvalue weighted by Crippen LogP contribution is -2.51. The highest BCUT2D eigenvalue weighted by molar-refractivity contribution is 5.80. The zero-order valence-corrected chi connectivity index (χ0v) is 12.7. The van der Waals surface area contributed by atoms with Crippen LogP contribution in [0.5, 0.6) is 5.88 Å². The number of pyridine rings is 1. The molecule has 3 atom stereocenters. The summed E-state index contributed by atoms with van der Waals surface area (Å²) >= 11 is 0. The van der Waals surface area contributed by atoms with Crippen LogP contribution < -0.4 is 4.74 Å². The summed E-state index contributed by atoms with van der Waals surface area (Å²) in [4.78, 5) is 19.1. The summed E-state index contributed by atoms with van der Waals surface area (Å²) in [6.45, 7) is 1.33. The van der Waals surface area contributed by atoms with Crippen molar-refractivity contribution >= 4 is 5.91 Å². The fourth-order valence-corrected chi connectivity index (χ4v) is 4.11. The van der Waals surface area contributed by atoms with E-state index in [0.717, 1.165) is 38.7 Å². The van der Waals surface area contributed by atoms with Gasteiger partial charge in [0.2, 0.25) is 11.8 Å². The Morgan fingerprint density at radius 3 is 2.68 bits per heavy atom. The maximum absolute atomic E-state index is 12.7. The highest BCUT2D eigenvalue weighted by Gasteiger charge is 2.46. The van der Waals surface area contributed by atoms with E-state index < -0.39 is 0 Å². The molecule has 3 unspecified atom stereocenters. The summed E-state index contributed by atoms with van der Waals surface area (Å²) in [7, 11) is 0. The van der Waals surface area contributed by atoms with Crippen LogP contribution in [0.4, 0.5) is 0 Å². The second kappa shape index (κ2) is 5.88. The van der Waals surface area contributed by atoms with E-state index in [2.05, 4.69) is 9.88 Å². The van der Waals surface area contributed by atoms with Gasteiger partial charge in [0.15, 0.2) is 0 Å². The number of carbonyl (C=O) groups excluding carboxylic acids is 1. The minimum Gasteiger partial charge on any atom is -0.474 e. The molecule has 0 aromatic carbocycles. The van der Waals surface area contributed by atoms with Gasteiger partial charge in [0.1, 0.15) is 6.10 Å². The molecule has 118 valence electrons. The van der Waals surface area contributed by atoms with Crippen molar-refractivity contribution in [3.8, 4) is 5.88 Å². The van der Waals surface area contributed by atoms with Gasteiger partial charge < -0.3 is 14.4 Å². The molecule has 0 spiro atoms. The molecule has 0 saturated carbocycles. The third-order valence-corrected chi connectivity index (χ3v) is 5.15. The van der Waals surface area contributed by atoms with Crippen molar-refractivity contribution in [1.82, 2.24) is 9.88 Å². The number of fused-ring (bicyclic) bond motifs is 2. The van der Waals surface area contributed by atoms with Crippen LogP contribution in [0.2, 0.25) is 0 Å². The number of aromatic nitrogens is 1. The Morgan fingerprint density at radius 2 is 2.05 bits per heavy atom. The summed E-state index contributed by atoms with van der Waals surface area (Å²) < 4.78 is 11.4. The molecule has 5 nitrogen and oxygen atoms in total. The number of amides is 1. The Kier molecular flexibility index (Phi) is 3.74. The van der Waals surface area contributed by atoms with Gasteiger partial charge in [-0.05, 0) is 25.3 Å². The number of ether oxygens (including phenoxy) is 2. The van der Waals surface area contributed by atoms with E-state index >= 15 is 0 Å². The molecule has 0 N–H and O–H groups in total. The van der Waals surface area contributed by atoms with E-state index in [1.165, 1.54) is 0 Å². The van der Waals surface area contributed by atoms with Crippen LogP contribution in [0.15, 0.2) is 24.4 Å². The van der Waals surface area contributed by atoms with Crippen molar-refractivity contribution < 1.29 is 14.3 Å². The van der Waals surface area contributed by atoms with Gasteiger partial charge in [-0.25, -0.2) is 4.98 Å². The first-order chi connectivity index (χ1) is 10.8. The molecular weight excluding hydrogens is 280 g/mol. The van der Waals surface area contributed by atoms with E-state index in [-0.39, 0.29) is 12.0 Å². The quantitative estimate of drug-likeness (QED) is 0.857. The first-order valence-corrected chi connectivity index (χ1v) is 8.29. The number of hydrogen-bond acceptors (Lipinski definition) is 4. The molecule has 3 aliphatic rings. The first kappa shape index (κ1) is 14.0. The van der Waals surface area contributed by atoms with Gasteiger partial charge in [0.05, 0.1) is 12.5 Å². The number of rotatable bonds is 3. The topological polar surface area (TPSA) is 51.7 Å². The Morgan fingerprint density at radius 1 is 1.23 bits per heavy atom. The number of piperidine rings is 1. The molecule has 1 aromatic rings. The predicted octanol–water partition coefficient (Wildman–Crippen LogP) is 2.02. The molecule has 2 bridgehead atoms. The van der Waals surface area contributed by atoms with E-state index in [1.807, 2.05) is 18.2 Å². The smallest absolute Gasteiger partial charge is 0.228 e. The highest BCUT2D eigenvalue weighted by atomic mass is 16.5. The summed E-state index contributed by atoms with van der Waals surface area (Å²) in [5.41, 5.74) is 0. The standard InChI is InChI=1S/C17H22N2O3/c20-17(12-6-8-21-11-12)19-13-4-5-14(19)10-15(9-13)22-16-3-1-2-7-18-16/h1-3,7,12-15H,4-6,8-11H2. The zero-order chi connectivity index (χ0) is 14.9. The van der Waals surface area contributed by atoms with Crippen LogP contribution in [-0.4, -0.2) is 47.2 Å². The van der Waals surface area contributed by atoms with Gasteiger partial charge in [-0.2, -0.15) is 0 Å². The van der Waals surface area contributed by atoms with Gasteiger partial charge >= 0.3 is 0 Å². The van der Waals surface area contributed by atoms with E-state index in [1.54, 1.807) is 6.20 Å². The van der Waals surface area contributed by atoms with Crippen LogP contribution >= 0.6 is 0 Å². The Bertz CT molecular complexity index is 516. The number of carbonyl (C=O) groups is 1. The van der Waals surface area contributed by atoms with Crippen molar-refractivity contribution in [2.24, 2.45) is 5.92 Å². The summed E-state index contributed by atoms with van der Waals surface area (Å²) in [5, 5.41) is 0. The summed E-state index contributed by atoms with van der Waals surface area (Å²) in [6, 6.07) is 6.40. The van der Waals surface area contributed by atoms with Crippen LogP contribution in [0, 0.1) is 5.92 Å². The van der Waals surface area contributed by atoms with Crippen molar-refractivity contribution in [1.29, 1.82) is 0 Å². The van der Waals surface area contributed by atoms with Crippen molar-refractivity contribution in [2.75, 3.05) is 13.2 Å². The lowest BCUT2D eigenvalue weighted by atomic mass is 9.96. The van der Waals surface area contributed by atoms with E-state index in [4.69, 9.17) is 9.47 Å². The largest absolute Gasteiger partial charge is 0.474 e. The lowest BCUT2D eigenvalue weighted by molar-refractivity contribution is -0.141. The molecular formula is C17H22N2O3. The summed E-state index contributed by atoms with van der Waals surface area (Å²) in [5.74, 6) is 1.08. The van der Waals surface area contributed by atoms with Crippen LogP contribution in [0.3, 0.4) is 0 Å². The number of nitrogens with zero attached hydrogens (tertiary/aromatic N) is 2. The van der Waals surface area contributed by atoms with Gasteiger partial charge in [0.25, 0.3) is 0 Å². The van der Waals surface area contributed by atoms with Gasteiger partial charge in [-0.3, -0.25) is 4.79 Å². The second-order valence-electron chi connectivity index (χ2n) is 6.57. The van der Waals surface area contributed by atoms with Gasteiger partial charge in [0, 0.05) is 43.8 Å². The molecule has 22 heavy (non-hydrogen) atoms. The zero-order valence-electron chi connectivity index (χ0n) is 12.7. The third-order valence-electron chi connectivity index (χ3n) is 5.15. The lowest BCUT2D eigenvalue weighted by Gasteiger charge is -2.39. The molecule has 0 radical (unpaired) electrons. The third kappa shape index (κ3) is 2.58. The average Bonchev–Trinajstić information content (AvgIpc) is 3.15. The molecule has 4 heterocycles. The Hall–Kier alpha value is -1.62. The molecule has 0 aliphatic carbocycles. The monoisotopic (exact) mass is 302 g/mol. The maximum atomic E-state index is 12.7. The molecule has 1 aromatic heterocycles. The minimum atomic E-state index is 0.0800. The molecule has 5 heteroatoms. The number of hydrogen-bond donors (Lipinski definition) is 0. The van der Waals surface area contributed by atoms with Crippen molar-refractivity contribution in [3.05, 3.63) is 24.4 Å². The molecule has 4 rings (SSSR count). The minimum absolute atomic E-state index is 0.0800. The molecule has 3 fully saturated rings. The summed E-state index contributed by atoms with van der Waals surface area (Å²) in [6.07, 6.45) is 6.86. The maximum Gasteiger partial charge on any atom is 0.228 e. The normalized spacial score (nSPS) is 33.9. The second-order valence-corrected chi connectivity index (χ2v) is 6.57. The SMILES string of the molecule is O=C(C1CCOC1)N1C2CCC1CC(Oc1ccccn1)C2. The fourth-order valence-electron chi connectivity index (χ4n) is 4.11. The van der Waals surface area contributed by atoms with Crippen LogP contribution in [-0.2, 0) is 9.53 Å². The fraction of sp³-hybridized carbons (Fsp3) is 0.647. The Labute approximate surface area is 130 Å². The molecule has 3 saturated heterocycles. The molecule has 1 amide bonds. The van der Waals surface area contributed by atoms with E-state index in [0.29, 0.717) is 30.5 Å². The Balaban J connectivity index is 1.42. The van der Waals surface area contributed by atoms with Gasteiger partial charge in [-0.15, -0.1) is 0 Å². The predicted molar refractivity (Wildman–Crippen MR) is 80.5 cm³/mol. The first-order valence-electron chi connectivity index (χ1n) is 8.29. The van der Waals surface area contributed by atoms with Crippen molar-refractivity contribution in [2.45, 2.75) is 50.3 Å². The van der Waals surface area contributed by atoms with Crippen molar-refractivity contribution in [3.63, 3.8) is 0 Å². The van der Waals surface area contributed by atoms with Crippen LogP contribution in [0.25, 0.3) is 0 Å².